The van der Waals surface area contributed by atoms with Crippen molar-refractivity contribution < 1.29 is 32.7 Å². The van der Waals surface area contributed by atoms with Crippen LogP contribution in [0.15, 0.2) is 42.6 Å². The first-order valence-electron chi connectivity index (χ1n) is 17.2. The Labute approximate surface area is 297 Å². The molecule has 1 heterocycles. The summed E-state index contributed by atoms with van der Waals surface area (Å²) in [6.45, 7) is 15.3. The number of nitrogens with one attached hydrogen (secondary N) is 4. The minimum atomic E-state index is -3.75. The van der Waals surface area contributed by atoms with Crippen molar-refractivity contribution in [3.05, 3.63) is 59.4 Å². The molecular weight excluding hydrogens is 660 g/mol. The van der Waals surface area contributed by atoms with Crippen LogP contribution in [0.5, 0.6) is 0 Å². The number of nitrogens with zero attached hydrogens (tertiary/aromatic N) is 2. The quantitative estimate of drug-likeness (QED) is 0.146. The third-order valence-electron chi connectivity index (χ3n) is 8.05. The van der Waals surface area contributed by atoms with Crippen molar-refractivity contribution in [3.8, 4) is 0 Å². The van der Waals surface area contributed by atoms with Crippen LogP contribution in [-0.2, 0) is 26.2 Å². The van der Waals surface area contributed by atoms with Crippen LogP contribution >= 0.6 is 0 Å². The summed E-state index contributed by atoms with van der Waals surface area (Å²) in [5, 5.41) is 19.9. The van der Waals surface area contributed by atoms with Crippen molar-refractivity contribution in [1.29, 1.82) is 0 Å². The molecule has 0 aliphatic heterocycles. The van der Waals surface area contributed by atoms with Crippen molar-refractivity contribution >= 4 is 39.3 Å². The van der Waals surface area contributed by atoms with Crippen LogP contribution in [-0.4, -0.2) is 84.6 Å². The van der Waals surface area contributed by atoms with Gasteiger partial charge in [-0.1, -0.05) is 54.5 Å². The lowest BCUT2D eigenvalue weighted by atomic mass is 9.91. The molecule has 0 saturated carbocycles. The van der Waals surface area contributed by atoms with E-state index in [1.165, 1.54) is 30.0 Å². The Balaban J connectivity index is 2.30. The fraction of sp³-hybridized carbons (Fsp3) is 0.583. The number of amides is 4. The van der Waals surface area contributed by atoms with E-state index >= 15 is 0 Å². The second-order valence-corrected chi connectivity index (χ2v) is 16.1. The Morgan fingerprint density at radius 2 is 1.54 bits per heavy atom. The van der Waals surface area contributed by atoms with E-state index in [4.69, 9.17) is 0 Å². The molecule has 5 N–H and O–H groups in total. The Kier molecular flexibility index (Phi) is 16.3. The summed E-state index contributed by atoms with van der Waals surface area (Å²) < 4.78 is 27.3. The molecule has 50 heavy (non-hydrogen) atoms. The molecule has 14 heteroatoms. The van der Waals surface area contributed by atoms with Gasteiger partial charge in [0.2, 0.25) is 21.8 Å². The predicted octanol–water partition coefficient (Wildman–Crippen LogP) is 3.56. The molecule has 0 aliphatic carbocycles. The lowest BCUT2D eigenvalue weighted by molar-refractivity contribution is -0.132. The average Bonchev–Trinajstić information content (AvgIpc) is 3.04. The number of aromatic nitrogens is 1. The maximum Gasteiger partial charge on any atom is 0.254 e. The summed E-state index contributed by atoms with van der Waals surface area (Å²) in [6, 6.07) is 7.89. The smallest absolute Gasteiger partial charge is 0.254 e. The largest absolute Gasteiger partial charge is 0.391 e. The summed E-state index contributed by atoms with van der Waals surface area (Å²) in [6.07, 6.45) is 0.845. The first-order valence-corrected chi connectivity index (χ1v) is 18.9. The minimum Gasteiger partial charge on any atom is -0.391 e. The van der Waals surface area contributed by atoms with E-state index in [0.717, 1.165) is 0 Å². The fourth-order valence-corrected chi connectivity index (χ4v) is 5.79. The number of aliphatic hydroxyl groups is 1. The first-order chi connectivity index (χ1) is 23.3. The number of anilines is 1. The maximum atomic E-state index is 13.7. The van der Waals surface area contributed by atoms with E-state index in [2.05, 4.69) is 25.7 Å². The van der Waals surface area contributed by atoms with Gasteiger partial charge < -0.3 is 26.0 Å². The normalized spacial score (nSPS) is 14.1. The van der Waals surface area contributed by atoms with E-state index in [1.54, 1.807) is 38.4 Å². The highest BCUT2D eigenvalue weighted by molar-refractivity contribution is 7.92. The number of sulfonamides is 1. The zero-order chi connectivity index (χ0) is 37.8. The molecule has 2 aromatic rings. The fourth-order valence-electron chi connectivity index (χ4n) is 5.17. The molecule has 4 atom stereocenters. The topological polar surface area (TPSA) is 187 Å². The molecule has 4 unspecified atom stereocenters. The zero-order valence-corrected chi connectivity index (χ0v) is 31.6. The number of rotatable bonds is 19. The van der Waals surface area contributed by atoms with Gasteiger partial charge in [-0.25, -0.2) is 8.42 Å². The van der Waals surface area contributed by atoms with Crippen LogP contribution in [0.3, 0.4) is 0 Å². The Hall–Kier alpha value is -4.04. The van der Waals surface area contributed by atoms with Crippen molar-refractivity contribution in [3.63, 3.8) is 0 Å². The number of pyridine rings is 1. The second kappa shape index (κ2) is 19.4. The number of hydrogen-bond acceptors (Lipinski definition) is 8. The molecule has 0 bridgehead atoms. The van der Waals surface area contributed by atoms with E-state index in [1.807, 2.05) is 41.5 Å². The molecule has 13 nitrogen and oxygen atoms in total. The molecule has 0 aliphatic rings. The summed E-state index contributed by atoms with van der Waals surface area (Å²) in [4.78, 5) is 58.8. The van der Waals surface area contributed by atoms with Crippen LogP contribution in [0.25, 0.3) is 0 Å². The van der Waals surface area contributed by atoms with Gasteiger partial charge in [0.25, 0.3) is 11.8 Å². The molecule has 2 rings (SSSR count). The van der Waals surface area contributed by atoms with E-state index in [9.17, 15) is 32.7 Å². The van der Waals surface area contributed by atoms with E-state index < -0.39 is 51.9 Å². The average molecular weight is 717 g/mol. The van der Waals surface area contributed by atoms with Gasteiger partial charge in [0, 0.05) is 36.8 Å². The van der Waals surface area contributed by atoms with Gasteiger partial charge in [-0.05, 0) is 67.9 Å². The zero-order valence-electron chi connectivity index (χ0n) is 30.8. The number of hydrogen-bond donors (Lipinski definition) is 5. The molecule has 1 aromatic heterocycles. The van der Waals surface area contributed by atoms with Gasteiger partial charge in [-0.15, -0.1) is 0 Å². The highest BCUT2D eigenvalue weighted by atomic mass is 32.2. The number of benzene rings is 1. The van der Waals surface area contributed by atoms with Crippen molar-refractivity contribution in [2.75, 3.05) is 24.1 Å². The summed E-state index contributed by atoms with van der Waals surface area (Å²) >= 11 is 0. The van der Waals surface area contributed by atoms with E-state index in [-0.39, 0.29) is 59.2 Å². The first kappa shape index (κ1) is 42.1. The van der Waals surface area contributed by atoms with Crippen LogP contribution < -0.4 is 20.7 Å². The third kappa shape index (κ3) is 13.7. The van der Waals surface area contributed by atoms with Crippen molar-refractivity contribution in [2.45, 2.75) is 93.0 Å². The number of carbonyl (C=O) groups is 4. The summed E-state index contributed by atoms with van der Waals surface area (Å²) in [7, 11) is -2.17. The van der Waals surface area contributed by atoms with Crippen molar-refractivity contribution in [1.82, 2.24) is 25.8 Å². The highest BCUT2D eigenvalue weighted by Crippen LogP contribution is 2.21. The van der Waals surface area contributed by atoms with Gasteiger partial charge in [0.15, 0.2) is 0 Å². The summed E-state index contributed by atoms with van der Waals surface area (Å²) in [5.41, 5.74) is 0.771. The van der Waals surface area contributed by atoms with Gasteiger partial charge in [0.1, 0.15) is 6.04 Å². The number of carbonyl (C=O) groups excluding carboxylic acids is 4. The van der Waals surface area contributed by atoms with Gasteiger partial charge in [0.05, 0.1) is 35.8 Å². The number of aliphatic hydroxyl groups excluding tert-OH is 1. The van der Waals surface area contributed by atoms with Crippen LogP contribution in [0.4, 0.5) is 5.69 Å². The second-order valence-electron chi connectivity index (χ2n) is 14.1. The molecule has 0 fully saturated rings. The highest BCUT2D eigenvalue weighted by Gasteiger charge is 2.30. The van der Waals surface area contributed by atoms with Crippen molar-refractivity contribution in [2.24, 2.45) is 23.7 Å². The molecule has 0 saturated heterocycles. The Morgan fingerprint density at radius 3 is 2.10 bits per heavy atom. The molecule has 0 radical (unpaired) electrons. The third-order valence-corrected chi connectivity index (χ3v) is 9.35. The maximum absolute atomic E-state index is 13.7. The van der Waals surface area contributed by atoms with Gasteiger partial charge >= 0.3 is 0 Å². The summed E-state index contributed by atoms with van der Waals surface area (Å²) in [5.74, 6) is -2.55. The minimum absolute atomic E-state index is 0.000317. The molecule has 0 spiro atoms. The standard InChI is InChI=1S/C36H56N6O7S/c1-10-50(48,49)41-29-18-26(17-27(19-29)36(47)42(9)21-28-13-11-12-14-37-28)34(45)39-30(15-22(2)3)31(43)16-25(8)33(44)40-32(24(6)7)35(46)38-20-23(4)5/h11-14,17-19,22-25,30-32,41,43H,10,15-16,20-21H2,1-9H3,(H,38,46)(H,39,45)(H,40,44). The SMILES string of the molecule is CCS(=O)(=O)Nc1cc(C(=O)NC(CC(C)C)C(O)CC(C)C(=O)NC(C(=O)NCC(C)C)C(C)C)cc(C(=O)N(C)Cc2ccccn2)c1. The van der Waals surface area contributed by atoms with Crippen LogP contribution in [0.1, 0.15) is 94.6 Å². The predicted molar refractivity (Wildman–Crippen MR) is 195 cm³/mol. The van der Waals surface area contributed by atoms with Gasteiger partial charge in [-0.3, -0.25) is 28.9 Å². The van der Waals surface area contributed by atoms with Crippen LogP contribution in [0.2, 0.25) is 0 Å². The van der Waals surface area contributed by atoms with Gasteiger partial charge in [-0.2, -0.15) is 0 Å². The molecular formula is C36H56N6O7S. The lowest BCUT2D eigenvalue weighted by Crippen LogP contribution is -2.52. The lowest BCUT2D eigenvalue weighted by Gasteiger charge is -2.29. The molecule has 1 aromatic carbocycles. The van der Waals surface area contributed by atoms with Crippen LogP contribution in [0, 0.1) is 23.7 Å². The Bertz CT molecular complexity index is 1550. The molecule has 278 valence electrons. The Morgan fingerprint density at radius 1 is 0.880 bits per heavy atom. The van der Waals surface area contributed by atoms with E-state index in [0.29, 0.717) is 18.7 Å². The molecule has 4 amide bonds. The monoisotopic (exact) mass is 716 g/mol.